The van der Waals surface area contributed by atoms with Crippen molar-refractivity contribution in [3.8, 4) is 5.75 Å². The number of aliphatic hydroxyl groups excluding tert-OH is 2. The second kappa shape index (κ2) is 10.4. The molecule has 1 amide bonds. The molecule has 4 atom stereocenters. The van der Waals surface area contributed by atoms with E-state index in [-0.39, 0.29) is 41.7 Å². The van der Waals surface area contributed by atoms with Crippen LogP contribution in [0.5, 0.6) is 5.75 Å². The number of anilines is 1. The molecule has 0 aromatic heterocycles. The molecule has 11 nitrogen and oxygen atoms in total. The summed E-state index contributed by atoms with van der Waals surface area (Å²) in [5, 5.41) is 45.5. The molecule has 0 radical (unpaired) electrons. The van der Waals surface area contributed by atoms with Gasteiger partial charge in [0.25, 0.3) is 5.91 Å². The minimum Gasteiger partial charge on any atom is -0.508 e. The van der Waals surface area contributed by atoms with Gasteiger partial charge in [-0.25, -0.2) is 0 Å². The summed E-state index contributed by atoms with van der Waals surface area (Å²) >= 11 is 0. The number of likely N-dealkylation sites (N-methyl/N-ethyl adjacent to an activating group) is 1. The highest BCUT2D eigenvalue weighted by Crippen LogP contribution is 2.54. The van der Waals surface area contributed by atoms with Gasteiger partial charge in [0, 0.05) is 37.7 Å². The molecule has 40 heavy (non-hydrogen) atoms. The summed E-state index contributed by atoms with van der Waals surface area (Å²) in [5.41, 5.74) is 2.56. The quantitative estimate of drug-likeness (QED) is 0.180. The lowest BCUT2D eigenvalue weighted by molar-refractivity contribution is -0.153. The van der Waals surface area contributed by atoms with Gasteiger partial charge in [0.2, 0.25) is 5.78 Å². The van der Waals surface area contributed by atoms with Gasteiger partial charge >= 0.3 is 0 Å². The number of Topliss-reactive ketones (excluding diaryl/α,β-unsaturated/α-hetero) is 3. The number of hydrogen-bond acceptors (Lipinski definition) is 10. The number of primary amides is 1. The van der Waals surface area contributed by atoms with E-state index in [1.165, 1.54) is 4.90 Å². The SMILES string of the molecule is CCCCCC(=O)c1cc(N(C)C)c2c(c1O)C(O)=C1C(=O)[C@]3(O)C(O)=C(C(N)=O)C(=O)[C@@H](N(C)C)[C@@H]3C[C@@H]1C2. The van der Waals surface area contributed by atoms with Crippen molar-refractivity contribution >= 4 is 34.7 Å². The standard InChI is InChI=1S/C29H37N3O8/c1-6-7-8-9-18(33)15-12-17(31(2)3)14-10-13-11-16-22(32(4)5)25(36)21(28(30)39)27(38)29(16,40)26(37)19(13)24(35)20(14)23(15)34/h12-13,16,22,34-35,38,40H,6-11H2,1-5H3,(H2,30,39)/t13-,16-,22-,29-/m0/s1. The fourth-order valence-electron chi connectivity index (χ4n) is 6.57. The van der Waals surface area contributed by atoms with Crippen molar-refractivity contribution in [3.63, 3.8) is 0 Å². The largest absolute Gasteiger partial charge is 0.508 e. The lowest BCUT2D eigenvalue weighted by atomic mass is 9.57. The second-order valence-corrected chi connectivity index (χ2v) is 11.4. The number of unbranched alkanes of at least 4 members (excludes halogenated alkanes) is 2. The summed E-state index contributed by atoms with van der Waals surface area (Å²) in [7, 11) is 6.62. The number of amides is 1. The average molecular weight is 556 g/mol. The molecule has 1 aromatic rings. The van der Waals surface area contributed by atoms with Crippen LogP contribution in [0.15, 0.2) is 23.0 Å². The number of hydrogen-bond donors (Lipinski definition) is 5. The Morgan fingerprint density at radius 1 is 1.10 bits per heavy atom. The van der Waals surface area contributed by atoms with Gasteiger partial charge in [-0.05, 0) is 50.9 Å². The van der Waals surface area contributed by atoms with E-state index < -0.39 is 63.8 Å². The van der Waals surface area contributed by atoms with E-state index >= 15 is 0 Å². The number of rotatable bonds is 8. The monoisotopic (exact) mass is 555 g/mol. The molecule has 0 heterocycles. The van der Waals surface area contributed by atoms with Gasteiger partial charge in [0.15, 0.2) is 17.2 Å². The maximum absolute atomic E-state index is 14.0. The molecule has 0 unspecified atom stereocenters. The molecule has 0 aliphatic heterocycles. The number of fused-ring (bicyclic) bond motifs is 3. The highest BCUT2D eigenvalue weighted by atomic mass is 16.3. The first kappa shape index (κ1) is 29.3. The Morgan fingerprint density at radius 3 is 2.30 bits per heavy atom. The minimum atomic E-state index is -2.71. The van der Waals surface area contributed by atoms with Crippen molar-refractivity contribution in [2.75, 3.05) is 33.1 Å². The van der Waals surface area contributed by atoms with Crippen LogP contribution in [0.2, 0.25) is 0 Å². The zero-order chi connectivity index (χ0) is 29.8. The molecule has 3 aliphatic rings. The molecule has 6 N–H and O–H groups in total. The number of phenolic OH excluding ortho intramolecular Hbond substituents is 1. The predicted molar refractivity (Wildman–Crippen MR) is 147 cm³/mol. The normalized spacial score (nSPS) is 26.0. The van der Waals surface area contributed by atoms with E-state index in [2.05, 4.69) is 0 Å². The number of phenols is 1. The number of carbonyl (C=O) groups is 4. The zero-order valence-corrected chi connectivity index (χ0v) is 23.4. The summed E-state index contributed by atoms with van der Waals surface area (Å²) in [5.74, 6) is -7.53. The van der Waals surface area contributed by atoms with Gasteiger partial charge in [-0.3, -0.25) is 24.1 Å². The van der Waals surface area contributed by atoms with Crippen LogP contribution in [0, 0.1) is 11.8 Å². The second-order valence-electron chi connectivity index (χ2n) is 11.4. The van der Waals surface area contributed by atoms with Crippen molar-refractivity contribution in [1.29, 1.82) is 0 Å². The summed E-state index contributed by atoms with van der Waals surface area (Å²) in [4.78, 5) is 55.6. The third-order valence-corrected chi connectivity index (χ3v) is 8.49. The maximum atomic E-state index is 14.0. The lowest BCUT2D eigenvalue weighted by Crippen LogP contribution is -2.65. The highest BCUT2D eigenvalue weighted by molar-refractivity contribution is 6.24. The Morgan fingerprint density at radius 2 is 1.75 bits per heavy atom. The first-order valence-electron chi connectivity index (χ1n) is 13.4. The Kier molecular flexibility index (Phi) is 7.59. The molecule has 0 saturated heterocycles. The summed E-state index contributed by atoms with van der Waals surface area (Å²) < 4.78 is 0. The van der Waals surface area contributed by atoms with Gasteiger partial charge < -0.3 is 31.1 Å². The van der Waals surface area contributed by atoms with Crippen LogP contribution in [0.1, 0.15) is 60.5 Å². The number of nitrogens with zero attached hydrogens (tertiary/aromatic N) is 2. The zero-order valence-electron chi connectivity index (χ0n) is 23.4. The number of nitrogens with two attached hydrogens (primary N) is 1. The molecular formula is C29H37N3O8. The van der Waals surface area contributed by atoms with Gasteiger partial charge in [-0.2, -0.15) is 0 Å². The number of carbonyl (C=O) groups excluding carboxylic acids is 4. The van der Waals surface area contributed by atoms with E-state index in [1.54, 1.807) is 39.2 Å². The molecule has 4 rings (SSSR count). The Labute approximate surface area is 232 Å². The van der Waals surface area contributed by atoms with Crippen molar-refractivity contribution in [2.24, 2.45) is 17.6 Å². The van der Waals surface area contributed by atoms with Crippen LogP contribution >= 0.6 is 0 Å². The van der Waals surface area contributed by atoms with Crippen LogP contribution in [0.3, 0.4) is 0 Å². The molecule has 1 saturated carbocycles. The van der Waals surface area contributed by atoms with Crippen molar-refractivity contribution < 1.29 is 39.6 Å². The van der Waals surface area contributed by atoms with Crippen molar-refractivity contribution in [2.45, 2.75) is 57.1 Å². The minimum absolute atomic E-state index is 0.00288. The first-order valence-corrected chi connectivity index (χ1v) is 13.4. The van der Waals surface area contributed by atoms with Crippen LogP contribution in [-0.2, 0) is 20.8 Å². The van der Waals surface area contributed by atoms with E-state index in [0.717, 1.165) is 12.8 Å². The molecule has 3 aliphatic carbocycles. The van der Waals surface area contributed by atoms with Crippen LogP contribution in [-0.4, -0.2) is 88.4 Å². The fraction of sp³-hybridized carbons (Fsp3) is 0.517. The summed E-state index contributed by atoms with van der Waals surface area (Å²) in [6.45, 7) is 2.01. The van der Waals surface area contributed by atoms with Crippen LogP contribution < -0.4 is 10.6 Å². The maximum Gasteiger partial charge on any atom is 0.255 e. The van der Waals surface area contributed by atoms with Gasteiger partial charge in [0.05, 0.1) is 17.2 Å². The molecule has 0 bridgehead atoms. The third-order valence-electron chi connectivity index (χ3n) is 8.49. The molecule has 0 spiro atoms. The van der Waals surface area contributed by atoms with Gasteiger partial charge in [-0.15, -0.1) is 0 Å². The highest BCUT2D eigenvalue weighted by Gasteiger charge is 2.64. The Hall–Kier alpha value is -3.70. The third kappa shape index (κ3) is 4.19. The molecule has 11 heteroatoms. The van der Waals surface area contributed by atoms with E-state index in [4.69, 9.17) is 5.73 Å². The predicted octanol–water partition coefficient (Wildman–Crippen LogP) is 1.79. The van der Waals surface area contributed by atoms with Gasteiger partial charge in [0.1, 0.15) is 22.8 Å². The van der Waals surface area contributed by atoms with Crippen LogP contribution in [0.4, 0.5) is 5.69 Å². The van der Waals surface area contributed by atoms with Gasteiger partial charge in [-0.1, -0.05) is 19.8 Å². The van der Waals surface area contributed by atoms with E-state index in [9.17, 15) is 39.6 Å². The van der Waals surface area contributed by atoms with Crippen molar-refractivity contribution in [3.05, 3.63) is 39.7 Å². The fourth-order valence-corrected chi connectivity index (χ4v) is 6.57. The number of ketones is 3. The summed E-state index contributed by atoms with van der Waals surface area (Å²) in [6, 6.07) is 0.435. The molecule has 1 aromatic carbocycles. The van der Waals surface area contributed by atoms with Crippen molar-refractivity contribution in [1.82, 2.24) is 4.90 Å². The Balaban J connectivity index is 1.95. The number of benzene rings is 1. The molecule has 216 valence electrons. The molecular weight excluding hydrogens is 518 g/mol. The molecule has 1 fully saturated rings. The van der Waals surface area contributed by atoms with E-state index in [1.807, 2.05) is 6.92 Å². The Bertz CT molecular complexity index is 1380. The smallest absolute Gasteiger partial charge is 0.255 e. The first-order chi connectivity index (χ1) is 18.7. The topological polar surface area (TPSA) is 182 Å². The van der Waals surface area contributed by atoms with Crippen LogP contribution in [0.25, 0.3) is 5.76 Å². The lowest BCUT2D eigenvalue weighted by Gasteiger charge is -2.50. The number of aromatic hydroxyl groups is 1. The van der Waals surface area contributed by atoms with E-state index in [0.29, 0.717) is 17.7 Å². The number of aliphatic hydroxyl groups is 3. The average Bonchev–Trinajstić information content (AvgIpc) is 2.85. The summed E-state index contributed by atoms with van der Waals surface area (Å²) in [6.07, 6.45) is 2.72.